The molecule has 0 radical (unpaired) electrons. The summed E-state index contributed by atoms with van der Waals surface area (Å²) in [6.45, 7) is 0. The van der Waals surface area contributed by atoms with Gasteiger partial charge in [-0.25, -0.2) is 9.80 Å². The van der Waals surface area contributed by atoms with Crippen LogP contribution >= 0.6 is 0 Å². The van der Waals surface area contributed by atoms with Crippen molar-refractivity contribution in [3.05, 3.63) is 65.7 Å². The summed E-state index contributed by atoms with van der Waals surface area (Å²) < 4.78 is 10.3. The van der Waals surface area contributed by atoms with E-state index in [1.165, 1.54) is 5.01 Å². The molecule has 0 spiro atoms. The van der Waals surface area contributed by atoms with Crippen molar-refractivity contribution in [2.24, 2.45) is 10.8 Å². The third-order valence-corrected chi connectivity index (χ3v) is 4.24. The minimum absolute atomic E-state index is 0.214. The molecule has 1 aliphatic rings. The second kappa shape index (κ2) is 7.74. The van der Waals surface area contributed by atoms with Crippen LogP contribution in [0.1, 0.15) is 23.6 Å². The first kappa shape index (κ1) is 17.5. The zero-order valence-electron chi connectivity index (χ0n) is 14.8. The van der Waals surface area contributed by atoms with Gasteiger partial charge in [0.1, 0.15) is 11.5 Å². The highest BCUT2D eigenvalue weighted by atomic mass is 16.5. The number of primary amides is 1. The van der Waals surface area contributed by atoms with Gasteiger partial charge in [0.2, 0.25) is 0 Å². The third-order valence-electron chi connectivity index (χ3n) is 4.24. The van der Waals surface area contributed by atoms with Gasteiger partial charge in [-0.15, -0.1) is 0 Å². The Hall–Kier alpha value is -3.28. The van der Waals surface area contributed by atoms with E-state index in [0.717, 1.165) is 28.3 Å². The Labute approximate surface area is 152 Å². The third kappa shape index (κ3) is 3.85. The lowest BCUT2D eigenvalue weighted by Gasteiger charge is -2.20. The molecule has 0 aliphatic carbocycles. The maximum absolute atomic E-state index is 11.8. The molecule has 134 valence electrons. The average molecular weight is 351 g/mol. The van der Waals surface area contributed by atoms with E-state index in [1.807, 2.05) is 60.7 Å². The van der Waals surface area contributed by atoms with Crippen LogP contribution in [-0.2, 0) is 0 Å². The molecule has 26 heavy (non-hydrogen) atoms. The van der Waals surface area contributed by atoms with E-state index in [0.29, 0.717) is 6.42 Å². The van der Waals surface area contributed by atoms with Gasteiger partial charge in [-0.2, -0.15) is 5.10 Å². The predicted octanol–water partition coefficient (Wildman–Crippen LogP) is 3.60. The van der Waals surface area contributed by atoms with Gasteiger partial charge in [0.05, 0.1) is 26.0 Å². The van der Waals surface area contributed by atoms with Crippen molar-refractivity contribution in [1.82, 2.24) is 5.01 Å². The number of nitrogens with zero attached hydrogens (tertiary/aromatic N) is 2. The first-order valence-electron chi connectivity index (χ1n) is 8.23. The topological polar surface area (TPSA) is 77.1 Å². The lowest BCUT2D eigenvalue weighted by Crippen LogP contribution is -2.31. The number of hydrogen-bond acceptors (Lipinski definition) is 4. The molecule has 1 atom stereocenters. The smallest absolute Gasteiger partial charge is 0.335 e. The molecule has 0 aromatic heterocycles. The van der Waals surface area contributed by atoms with Crippen LogP contribution in [0.5, 0.6) is 11.5 Å². The van der Waals surface area contributed by atoms with E-state index in [4.69, 9.17) is 15.2 Å². The number of hydrazone groups is 1. The molecule has 0 saturated carbocycles. The highest BCUT2D eigenvalue weighted by Gasteiger charge is 2.30. The molecule has 0 bridgehead atoms. The molecular weight excluding hydrogens is 330 g/mol. The summed E-state index contributed by atoms with van der Waals surface area (Å²) in [5.74, 6) is 1.57. The second-order valence-corrected chi connectivity index (χ2v) is 5.87. The van der Waals surface area contributed by atoms with Crippen molar-refractivity contribution in [2.75, 3.05) is 14.2 Å². The number of rotatable bonds is 5. The zero-order chi connectivity index (χ0) is 18.5. The largest absolute Gasteiger partial charge is 0.497 e. The fourth-order valence-electron chi connectivity index (χ4n) is 2.83. The minimum atomic E-state index is -0.571. The standard InChI is InChI=1S/C20H21N3O3/c1-25-17-9-4-14(5-10-17)3-8-16-13-19(23(22-16)20(21)24)15-6-11-18(26-2)12-7-15/h3-12,19H,13H2,1-2H3,(H2,21,24)/b8-3+. The molecule has 6 heteroatoms. The lowest BCUT2D eigenvalue weighted by molar-refractivity contribution is 0.196. The first-order valence-corrected chi connectivity index (χ1v) is 8.23. The van der Waals surface area contributed by atoms with E-state index in [2.05, 4.69) is 5.10 Å². The maximum Gasteiger partial charge on any atom is 0.335 e. The van der Waals surface area contributed by atoms with Crippen LogP contribution in [-0.4, -0.2) is 31.0 Å². The van der Waals surface area contributed by atoms with Crippen molar-refractivity contribution in [3.8, 4) is 11.5 Å². The molecular formula is C20H21N3O3. The summed E-state index contributed by atoms with van der Waals surface area (Å²) in [7, 11) is 3.25. The molecule has 6 nitrogen and oxygen atoms in total. The molecule has 0 saturated heterocycles. The van der Waals surface area contributed by atoms with Gasteiger partial charge in [-0.3, -0.25) is 0 Å². The summed E-state index contributed by atoms with van der Waals surface area (Å²) in [6, 6.07) is 14.5. The average Bonchev–Trinajstić information content (AvgIpc) is 3.11. The lowest BCUT2D eigenvalue weighted by atomic mass is 10.0. The Balaban J connectivity index is 1.76. The monoisotopic (exact) mass is 351 g/mol. The van der Waals surface area contributed by atoms with Gasteiger partial charge in [-0.1, -0.05) is 30.3 Å². The van der Waals surface area contributed by atoms with Crippen molar-refractivity contribution in [2.45, 2.75) is 12.5 Å². The van der Waals surface area contributed by atoms with Gasteiger partial charge >= 0.3 is 6.03 Å². The summed E-state index contributed by atoms with van der Waals surface area (Å²) in [4.78, 5) is 11.8. The van der Waals surface area contributed by atoms with Crippen LogP contribution in [0.3, 0.4) is 0 Å². The van der Waals surface area contributed by atoms with Crippen LogP contribution in [0, 0.1) is 0 Å². The van der Waals surface area contributed by atoms with E-state index < -0.39 is 6.03 Å². The first-order chi connectivity index (χ1) is 12.6. The van der Waals surface area contributed by atoms with E-state index >= 15 is 0 Å². The number of carbonyl (C=O) groups is 1. The summed E-state index contributed by atoms with van der Waals surface area (Å²) in [6.07, 6.45) is 4.46. The Kier molecular flexibility index (Phi) is 5.22. The van der Waals surface area contributed by atoms with E-state index in [9.17, 15) is 4.79 Å². The molecule has 2 aromatic rings. The van der Waals surface area contributed by atoms with E-state index in [-0.39, 0.29) is 6.04 Å². The summed E-state index contributed by atoms with van der Waals surface area (Å²) in [5.41, 5.74) is 8.27. The molecule has 1 heterocycles. The number of hydrogen-bond donors (Lipinski definition) is 1. The number of urea groups is 1. The fraction of sp³-hybridized carbons (Fsp3) is 0.200. The van der Waals surface area contributed by atoms with Crippen LogP contribution in [0.4, 0.5) is 4.79 Å². The Morgan fingerprint density at radius 1 is 1.04 bits per heavy atom. The Morgan fingerprint density at radius 2 is 1.62 bits per heavy atom. The van der Waals surface area contributed by atoms with Gasteiger partial charge in [0.25, 0.3) is 0 Å². The van der Waals surface area contributed by atoms with Gasteiger partial charge in [-0.05, 0) is 41.5 Å². The van der Waals surface area contributed by atoms with Crippen molar-refractivity contribution < 1.29 is 14.3 Å². The quantitative estimate of drug-likeness (QED) is 0.894. The van der Waals surface area contributed by atoms with Crippen molar-refractivity contribution in [3.63, 3.8) is 0 Å². The SMILES string of the molecule is COc1ccc(/C=C/C2=NN(C(N)=O)C(c3ccc(OC)cc3)C2)cc1. The summed E-state index contributed by atoms with van der Waals surface area (Å²) >= 11 is 0. The number of amides is 2. The van der Waals surface area contributed by atoms with Crippen LogP contribution in [0.15, 0.2) is 59.7 Å². The summed E-state index contributed by atoms with van der Waals surface area (Å²) in [5, 5.41) is 5.70. The van der Waals surface area contributed by atoms with Gasteiger partial charge < -0.3 is 15.2 Å². The number of methoxy groups -OCH3 is 2. The van der Waals surface area contributed by atoms with Crippen LogP contribution < -0.4 is 15.2 Å². The van der Waals surface area contributed by atoms with Crippen LogP contribution in [0.25, 0.3) is 6.08 Å². The second-order valence-electron chi connectivity index (χ2n) is 5.87. The van der Waals surface area contributed by atoms with Crippen LogP contribution in [0.2, 0.25) is 0 Å². The molecule has 0 fully saturated rings. The zero-order valence-corrected chi connectivity index (χ0v) is 14.8. The molecule has 2 amide bonds. The molecule has 1 aliphatic heterocycles. The van der Waals surface area contributed by atoms with Crippen molar-refractivity contribution >= 4 is 17.8 Å². The molecule has 2 aromatic carbocycles. The highest BCUT2D eigenvalue weighted by molar-refractivity contribution is 6.00. The molecule has 1 unspecified atom stereocenters. The Bertz CT molecular complexity index is 826. The normalized spacial score (nSPS) is 16.6. The number of benzene rings is 2. The number of allylic oxidation sites excluding steroid dienone is 1. The van der Waals surface area contributed by atoms with Gasteiger partial charge in [0, 0.05) is 6.42 Å². The molecule has 2 N–H and O–H groups in total. The minimum Gasteiger partial charge on any atom is -0.497 e. The predicted molar refractivity (Wildman–Crippen MR) is 101 cm³/mol. The van der Waals surface area contributed by atoms with E-state index in [1.54, 1.807) is 14.2 Å². The Morgan fingerprint density at radius 3 is 2.15 bits per heavy atom. The maximum atomic E-state index is 11.8. The highest BCUT2D eigenvalue weighted by Crippen LogP contribution is 2.32. The number of carbonyl (C=O) groups excluding carboxylic acids is 1. The number of ether oxygens (including phenoxy) is 2. The van der Waals surface area contributed by atoms with Crippen molar-refractivity contribution in [1.29, 1.82) is 0 Å². The number of nitrogens with two attached hydrogens (primary N) is 1. The fourth-order valence-corrected chi connectivity index (χ4v) is 2.83. The molecule has 3 rings (SSSR count). The van der Waals surface area contributed by atoms with Gasteiger partial charge in [0.15, 0.2) is 0 Å².